The van der Waals surface area contributed by atoms with Gasteiger partial charge in [-0.05, 0) is 24.6 Å². The number of nitrogens with zero attached hydrogens (tertiary/aromatic N) is 1. The molecule has 1 N–H and O–H groups in total. The highest BCUT2D eigenvalue weighted by Gasteiger charge is 2.15. The van der Waals surface area contributed by atoms with E-state index < -0.39 is 4.92 Å². The number of non-ortho nitro benzene ring substituents is 1. The summed E-state index contributed by atoms with van der Waals surface area (Å²) in [6.07, 6.45) is 0. The van der Waals surface area contributed by atoms with Gasteiger partial charge < -0.3 is 4.98 Å². The number of fused-ring (bicyclic) bond motifs is 2. The molecule has 2 aromatic carbocycles. The van der Waals surface area contributed by atoms with Crippen LogP contribution in [0.2, 0.25) is 0 Å². The van der Waals surface area contributed by atoms with E-state index in [4.69, 9.17) is 0 Å². The highest BCUT2D eigenvalue weighted by Crippen LogP contribution is 2.24. The number of para-hydroxylation sites is 2. The number of rotatable bonds is 1. The lowest BCUT2D eigenvalue weighted by Gasteiger charge is -2.05. The lowest BCUT2D eigenvalue weighted by Crippen LogP contribution is -2.06. The van der Waals surface area contributed by atoms with Crippen LogP contribution in [0.4, 0.5) is 5.69 Å². The number of aryl methyl sites for hydroxylation is 1. The van der Waals surface area contributed by atoms with Gasteiger partial charge in [0.2, 0.25) is 0 Å². The van der Waals surface area contributed by atoms with Gasteiger partial charge in [-0.1, -0.05) is 18.2 Å². The zero-order chi connectivity index (χ0) is 13.6. The Labute approximate surface area is 107 Å². The fourth-order valence-electron chi connectivity index (χ4n) is 2.31. The van der Waals surface area contributed by atoms with Crippen molar-refractivity contribution in [2.45, 2.75) is 6.92 Å². The molecule has 3 rings (SSSR count). The Hall–Kier alpha value is -2.69. The summed E-state index contributed by atoms with van der Waals surface area (Å²) >= 11 is 0. The molecule has 0 spiro atoms. The lowest BCUT2D eigenvalue weighted by molar-refractivity contribution is -0.383. The molecule has 5 nitrogen and oxygen atoms in total. The fourth-order valence-corrected chi connectivity index (χ4v) is 2.31. The second kappa shape index (κ2) is 3.91. The number of nitro benzene ring substituents is 1. The van der Waals surface area contributed by atoms with Gasteiger partial charge in [0, 0.05) is 11.5 Å². The van der Waals surface area contributed by atoms with Gasteiger partial charge in [-0.25, -0.2) is 0 Å². The van der Waals surface area contributed by atoms with Crippen LogP contribution in [-0.2, 0) is 0 Å². The van der Waals surface area contributed by atoms with Crippen LogP contribution >= 0.6 is 0 Å². The first-order chi connectivity index (χ1) is 9.09. The smallest absolute Gasteiger partial charge is 0.293 e. The van der Waals surface area contributed by atoms with Gasteiger partial charge in [-0.3, -0.25) is 14.9 Å². The number of aromatic nitrogens is 1. The van der Waals surface area contributed by atoms with E-state index in [1.54, 1.807) is 18.2 Å². The molecule has 0 aliphatic rings. The van der Waals surface area contributed by atoms with Crippen LogP contribution in [-0.4, -0.2) is 9.91 Å². The van der Waals surface area contributed by atoms with Crippen LogP contribution in [0.25, 0.3) is 21.8 Å². The van der Waals surface area contributed by atoms with Crippen LogP contribution in [0, 0.1) is 17.0 Å². The Morgan fingerprint density at radius 1 is 1.05 bits per heavy atom. The van der Waals surface area contributed by atoms with Crippen LogP contribution in [0.5, 0.6) is 0 Å². The molecule has 0 fully saturated rings. The average Bonchev–Trinajstić information content (AvgIpc) is 2.39. The van der Waals surface area contributed by atoms with Crippen molar-refractivity contribution in [2.24, 2.45) is 0 Å². The van der Waals surface area contributed by atoms with E-state index in [9.17, 15) is 14.9 Å². The quantitative estimate of drug-likeness (QED) is 0.412. The first-order valence-corrected chi connectivity index (χ1v) is 5.78. The molecule has 0 amide bonds. The van der Waals surface area contributed by atoms with Crippen molar-refractivity contribution in [1.29, 1.82) is 0 Å². The summed E-state index contributed by atoms with van der Waals surface area (Å²) in [6, 6.07) is 9.90. The lowest BCUT2D eigenvalue weighted by atomic mass is 10.1. The molecule has 1 aromatic heterocycles. The van der Waals surface area contributed by atoms with Crippen LogP contribution in [0.15, 0.2) is 41.2 Å². The zero-order valence-electron chi connectivity index (χ0n) is 10.1. The van der Waals surface area contributed by atoms with Crippen molar-refractivity contribution in [3.63, 3.8) is 0 Å². The molecule has 0 radical (unpaired) electrons. The van der Waals surface area contributed by atoms with Gasteiger partial charge in [0.25, 0.3) is 5.69 Å². The summed E-state index contributed by atoms with van der Waals surface area (Å²) < 4.78 is 0. The molecule has 0 atom stereocenters. The predicted octanol–water partition coefficient (Wildman–Crippen LogP) is 2.90. The summed E-state index contributed by atoms with van der Waals surface area (Å²) in [5.41, 5.74) is 1.54. The third-order valence-electron chi connectivity index (χ3n) is 3.25. The van der Waals surface area contributed by atoms with Gasteiger partial charge in [-0.15, -0.1) is 0 Å². The predicted molar refractivity (Wildman–Crippen MR) is 73.5 cm³/mol. The average molecular weight is 254 g/mol. The number of nitrogens with one attached hydrogen (secondary N) is 1. The Kier molecular flexibility index (Phi) is 2.35. The molecular formula is C14H10N2O3. The van der Waals surface area contributed by atoms with Crippen molar-refractivity contribution >= 4 is 27.5 Å². The molecule has 0 saturated carbocycles. The molecular weight excluding hydrogens is 244 g/mol. The zero-order valence-corrected chi connectivity index (χ0v) is 10.1. The molecule has 0 aliphatic heterocycles. The Balaban J connectivity index is 2.62. The Morgan fingerprint density at radius 3 is 2.37 bits per heavy atom. The number of aromatic amines is 1. The second-order valence-electron chi connectivity index (χ2n) is 4.41. The van der Waals surface area contributed by atoms with E-state index in [2.05, 4.69) is 4.98 Å². The highest BCUT2D eigenvalue weighted by molar-refractivity contribution is 5.97. The minimum absolute atomic E-state index is 0.0836. The van der Waals surface area contributed by atoms with Crippen molar-refractivity contribution in [1.82, 2.24) is 4.98 Å². The van der Waals surface area contributed by atoms with Crippen molar-refractivity contribution in [3.05, 3.63) is 62.3 Å². The maximum atomic E-state index is 12.4. The highest BCUT2D eigenvalue weighted by atomic mass is 16.6. The van der Waals surface area contributed by atoms with E-state index >= 15 is 0 Å². The molecule has 0 unspecified atom stereocenters. The molecule has 94 valence electrons. The van der Waals surface area contributed by atoms with Crippen LogP contribution in [0.1, 0.15) is 5.56 Å². The Morgan fingerprint density at radius 2 is 1.68 bits per heavy atom. The van der Waals surface area contributed by atoms with Gasteiger partial charge in [-0.2, -0.15) is 0 Å². The molecule has 19 heavy (non-hydrogen) atoms. The van der Waals surface area contributed by atoms with Crippen molar-refractivity contribution in [3.8, 4) is 0 Å². The van der Waals surface area contributed by atoms with E-state index in [0.717, 1.165) is 5.56 Å². The fraction of sp³-hybridized carbons (Fsp3) is 0.0714. The van der Waals surface area contributed by atoms with Gasteiger partial charge >= 0.3 is 0 Å². The largest absolute Gasteiger partial charge is 0.348 e. The molecule has 0 aliphatic carbocycles. The van der Waals surface area contributed by atoms with E-state index in [-0.39, 0.29) is 16.6 Å². The van der Waals surface area contributed by atoms with Crippen molar-refractivity contribution in [2.75, 3.05) is 0 Å². The summed E-state index contributed by atoms with van der Waals surface area (Å²) in [5, 5.41) is 11.9. The first-order valence-electron chi connectivity index (χ1n) is 5.78. The number of H-pyrrole nitrogens is 1. The first kappa shape index (κ1) is 11.4. The topological polar surface area (TPSA) is 76.0 Å². The van der Waals surface area contributed by atoms with Gasteiger partial charge in [0.1, 0.15) is 5.52 Å². The number of hydrogen-bond acceptors (Lipinski definition) is 3. The minimum Gasteiger partial charge on any atom is -0.348 e. The van der Waals surface area contributed by atoms with Gasteiger partial charge in [0.05, 0.1) is 15.8 Å². The Bertz CT molecular complexity index is 881. The van der Waals surface area contributed by atoms with E-state index in [0.29, 0.717) is 16.3 Å². The summed E-state index contributed by atoms with van der Waals surface area (Å²) in [5.74, 6) is 0. The summed E-state index contributed by atoms with van der Waals surface area (Å²) in [7, 11) is 0. The molecule has 0 bridgehead atoms. The number of benzene rings is 2. The standard InChI is InChI=1S/C14H10N2O3/c1-8-4-2-5-9-12(8)15-13-10(14(9)17)6-3-7-11(13)16(18)19/h2-7H,1H3,(H,15,17). The third-order valence-corrected chi connectivity index (χ3v) is 3.25. The number of nitro groups is 1. The number of pyridine rings is 1. The van der Waals surface area contributed by atoms with Gasteiger partial charge in [0.15, 0.2) is 5.43 Å². The van der Waals surface area contributed by atoms with E-state index in [1.165, 1.54) is 12.1 Å². The van der Waals surface area contributed by atoms with Crippen LogP contribution < -0.4 is 5.43 Å². The normalized spacial score (nSPS) is 11.0. The molecule has 3 aromatic rings. The second-order valence-corrected chi connectivity index (χ2v) is 4.41. The molecule has 0 saturated heterocycles. The molecule has 5 heteroatoms. The maximum Gasteiger partial charge on any atom is 0.293 e. The third kappa shape index (κ3) is 1.59. The SMILES string of the molecule is Cc1cccc2c(=O)c3cccc([N+](=O)[O-])c3[nH]c12. The van der Waals surface area contributed by atoms with E-state index in [1.807, 2.05) is 13.0 Å². The summed E-state index contributed by atoms with van der Waals surface area (Å²) in [6.45, 7) is 1.86. The minimum atomic E-state index is -0.484. The van der Waals surface area contributed by atoms with Crippen molar-refractivity contribution < 1.29 is 4.92 Å². The maximum absolute atomic E-state index is 12.4. The summed E-state index contributed by atoms with van der Waals surface area (Å²) in [4.78, 5) is 25.9. The van der Waals surface area contributed by atoms with Crippen LogP contribution in [0.3, 0.4) is 0 Å². The monoisotopic (exact) mass is 254 g/mol. The molecule has 1 heterocycles. The number of hydrogen-bond donors (Lipinski definition) is 1.